The standard InChI is InChI=1S/C13H16N4O/c1-17(2)7-8-18-13-15-9-11(10-16-13)12-5-3-4-6-14-12/h3-6,9-10H,7-8H2,1-2H3. The third kappa shape index (κ3) is 3.49. The molecular weight excluding hydrogens is 228 g/mol. The van der Waals surface area contributed by atoms with Crippen LogP contribution in [0.4, 0.5) is 0 Å². The molecule has 94 valence electrons. The number of hydrogen-bond donors (Lipinski definition) is 0. The highest BCUT2D eigenvalue weighted by molar-refractivity contribution is 5.56. The minimum Gasteiger partial charge on any atom is -0.462 e. The first kappa shape index (κ1) is 12.4. The summed E-state index contributed by atoms with van der Waals surface area (Å²) in [5, 5.41) is 0. The summed E-state index contributed by atoms with van der Waals surface area (Å²) in [5.41, 5.74) is 1.74. The van der Waals surface area contributed by atoms with Crippen LogP contribution in [-0.2, 0) is 0 Å². The summed E-state index contributed by atoms with van der Waals surface area (Å²) in [6, 6.07) is 6.13. The largest absolute Gasteiger partial charge is 0.462 e. The van der Waals surface area contributed by atoms with Gasteiger partial charge in [0.25, 0.3) is 0 Å². The number of pyridine rings is 1. The maximum atomic E-state index is 5.42. The lowest BCUT2D eigenvalue weighted by molar-refractivity contribution is 0.245. The molecule has 0 aliphatic heterocycles. The average Bonchev–Trinajstić information content (AvgIpc) is 2.40. The van der Waals surface area contributed by atoms with E-state index in [1.54, 1.807) is 18.6 Å². The summed E-state index contributed by atoms with van der Waals surface area (Å²) in [6.45, 7) is 1.42. The van der Waals surface area contributed by atoms with Crippen molar-refractivity contribution in [3.8, 4) is 17.3 Å². The van der Waals surface area contributed by atoms with Crippen molar-refractivity contribution >= 4 is 0 Å². The Bertz CT molecular complexity index is 470. The van der Waals surface area contributed by atoms with Crippen LogP contribution in [-0.4, -0.2) is 47.1 Å². The molecule has 0 aliphatic rings. The van der Waals surface area contributed by atoms with Gasteiger partial charge in [0, 0.05) is 30.7 Å². The van der Waals surface area contributed by atoms with Crippen LogP contribution in [0.1, 0.15) is 0 Å². The van der Waals surface area contributed by atoms with Crippen molar-refractivity contribution in [2.24, 2.45) is 0 Å². The molecule has 5 heteroatoms. The van der Waals surface area contributed by atoms with Crippen LogP contribution in [0.2, 0.25) is 0 Å². The molecule has 0 aliphatic carbocycles. The molecule has 2 rings (SSSR count). The number of ether oxygens (including phenoxy) is 1. The van der Waals surface area contributed by atoms with Gasteiger partial charge in [0.2, 0.25) is 0 Å². The van der Waals surface area contributed by atoms with Crippen LogP contribution >= 0.6 is 0 Å². The SMILES string of the molecule is CN(C)CCOc1ncc(-c2ccccn2)cn1. The van der Waals surface area contributed by atoms with Gasteiger partial charge in [-0.3, -0.25) is 4.98 Å². The zero-order valence-corrected chi connectivity index (χ0v) is 10.6. The Hall–Kier alpha value is -2.01. The minimum absolute atomic E-state index is 0.400. The van der Waals surface area contributed by atoms with Crippen LogP contribution in [0, 0.1) is 0 Å². The van der Waals surface area contributed by atoms with Crippen molar-refractivity contribution in [1.29, 1.82) is 0 Å². The Kier molecular flexibility index (Phi) is 4.20. The fourth-order valence-electron chi connectivity index (χ4n) is 1.38. The number of aromatic nitrogens is 3. The molecule has 0 saturated heterocycles. The van der Waals surface area contributed by atoms with Crippen LogP contribution in [0.5, 0.6) is 6.01 Å². The van der Waals surface area contributed by atoms with Gasteiger partial charge in [-0.25, -0.2) is 9.97 Å². The summed E-state index contributed by atoms with van der Waals surface area (Å²) in [6.07, 6.45) is 5.19. The van der Waals surface area contributed by atoms with Gasteiger partial charge < -0.3 is 9.64 Å². The maximum absolute atomic E-state index is 5.42. The third-order valence-corrected chi connectivity index (χ3v) is 2.36. The van der Waals surface area contributed by atoms with E-state index in [9.17, 15) is 0 Å². The topological polar surface area (TPSA) is 51.1 Å². The predicted molar refractivity (Wildman–Crippen MR) is 69.3 cm³/mol. The van der Waals surface area contributed by atoms with Crippen molar-refractivity contribution in [2.75, 3.05) is 27.2 Å². The molecule has 0 radical (unpaired) electrons. The van der Waals surface area contributed by atoms with E-state index in [1.165, 1.54) is 0 Å². The maximum Gasteiger partial charge on any atom is 0.316 e. The quantitative estimate of drug-likeness (QED) is 0.797. The highest BCUT2D eigenvalue weighted by Gasteiger charge is 2.02. The van der Waals surface area contributed by atoms with Crippen molar-refractivity contribution in [3.63, 3.8) is 0 Å². The number of nitrogens with zero attached hydrogens (tertiary/aromatic N) is 4. The van der Waals surface area contributed by atoms with Gasteiger partial charge in [-0.15, -0.1) is 0 Å². The molecule has 0 atom stereocenters. The smallest absolute Gasteiger partial charge is 0.316 e. The molecular formula is C13H16N4O. The summed E-state index contributed by atoms with van der Waals surface area (Å²) < 4.78 is 5.42. The molecule has 18 heavy (non-hydrogen) atoms. The lowest BCUT2D eigenvalue weighted by atomic mass is 10.2. The highest BCUT2D eigenvalue weighted by atomic mass is 16.5. The Balaban J connectivity index is 1.98. The lowest BCUT2D eigenvalue weighted by Gasteiger charge is -2.09. The molecule has 0 N–H and O–H groups in total. The summed E-state index contributed by atoms with van der Waals surface area (Å²) in [5.74, 6) is 0. The Morgan fingerprint density at radius 3 is 2.50 bits per heavy atom. The van der Waals surface area contributed by atoms with Gasteiger partial charge in [-0.2, -0.15) is 0 Å². The lowest BCUT2D eigenvalue weighted by Crippen LogP contribution is -2.19. The van der Waals surface area contributed by atoms with Crippen molar-refractivity contribution in [1.82, 2.24) is 19.9 Å². The van der Waals surface area contributed by atoms with Gasteiger partial charge in [0.15, 0.2) is 0 Å². The van der Waals surface area contributed by atoms with E-state index in [0.29, 0.717) is 12.6 Å². The first-order chi connectivity index (χ1) is 8.75. The van der Waals surface area contributed by atoms with Crippen LogP contribution in [0.3, 0.4) is 0 Å². The van der Waals surface area contributed by atoms with Crippen molar-refractivity contribution < 1.29 is 4.74 Å². The van der Waals surface area contributed by atoms with E-state index >= 15 is 0 Å². The molecule has 0 bridgehead atoms. The molecule has 0 saturated carbocycles. The normalized spacial score (nSPS) is 10.6. The number of rotatable bonds is 5. The molecule has 2 aromatic rings. The molecule has 0 unspecified atom stereocenters. The molecule has 0 aromatic carbocycles. The number of hydrogen-bond acceptors (Lipinski definition) is 5. The van der Waals surface area contributed by atoms with Gasteiger partial charge in [-0.1, -0.05) is 6.07 Å². The molecule has 0 amide bonds. The van der Waals surface area contributed by atoms with Gasteiger partial charge in [0.1, 0.15) is 6.61 Å². The van der Waals surface area contributed by atoms with Gasteiger partial charge in [0.05, 0.1) is 5.69 Å². The molecule has 2 heterocycles. The van der Waals surface area contributed by atoms with Gasteiger partial charge in [-0.05, 0) is 26.2 Å². The van der Waals surface area contributed by atoms with E-state index in [0.717, 1.165) is 17.8 Å². The molecule has 5 nitrogen and oxygen atoms in total. The van der Waals surface area contributed by atoms with E-state index in [2.05, 4.69) is 15.0 Å². The summed E-state index contributed by atoms with van der Waals surface area (Å²) in [4.78, 5) is 14.6. The minimum atomic E-state index is 0.400. The first-order valence-electron chi connectivity index (χ1n) is 5.76. The van der Waals surface area contributed by atoms with Crippen molar-refractivity contribution in [3.05, 3.63) is 36.8 Å². The highest BCUT2D eigenvalue weighted by Crippen LogP contribution is 2.14. The van der Waals surface area contributed by atoms with Gasteiger partial charge >= 0.3 is 6.01 Å². The Morgan fingerprint density at radius 2 is 1.89 bits per heavy atom. The van der Waals surface area contributed by atoms with E-state index in [4.69, 9.17) is 4.74 Å². The summed E-state index contributed by atoms with van der Waals surface area (Å²) >= 11 is 0. The summed E-state index contributed by atoms with van der Waals surface area (Å²) in [7, 11) is 3.99. The second kappa shape index (κ2) is 6.07. The fourth-order valence-corrected chi connectivity index (χ4v) is 1.38. The van der Waals surface area contributed by atoms with E-state index in [-0.39, 0.29) is 0 Å². The number of likely N-dealkylation sites (N-methyl/N-ethyl adjacent to an activating group) is 1. The molecule has 0 fully saturated rings. The Morgan fingerprint density at radius 1 is 1.11 bits per heavy atom. The first-order valence-corrected chi connectivity index (χ1v) is 5.76. The molecule has 2 aromatic heterocycles. The predicted octanol–water partition coefficient (Wildman–Crippen LogP) is 1.48. The van der Waals surface area contributed by atoms with Crippen LogP contribution < -0.4 is 4.74 Å². The average molecular weight is 244 g/mol. The van der Waals surface area contributed by atoms with Crippen LogP contribution in [0.15, 0.2) is 36.8 Å². The second-order valence-corrected chi connectivity index (χ2v) is 4.12. The van der Waals surface area contributed by atoms with E-state index in [1.807, 2.05) is 37.2 Å². The third-order valence-electron chi connectivity index (χ3n) is 2.36. The second-order valence-electron chi connectivity index (χ2n) is 4.12. The van der Waals surface area contributed by atoms with E-state index < -0.39 is 0 Å². The monoisotopic (exact) mass is 244 g/mol. The van der Waals surface area contributed by atoms with Crippen molar-refractivity contribution in [2.45, 2.75) is 0 Å². The zero-order valence-electron chi connectivity index (χ0n) is 10.6. The Labute approximate surface area is 106 Å². The molecule has 0 spiro atoms. The fraction of sp³-hybridized carbons (Fsp3) is 0.308. The zero-order chi connectivity index (χ0) is 12.8. The van der Waals surface area contributed by atoms with Crippen LogP contribution in [0.25, 0.3) is 11.3 Å².